The van der Waals surface area contributed by atoms with Gasteiger partial charge in [0.1, 0.15) is 5.75 Å². The highest BCUT2D eigenvalue weighted by Gasteiger charge is 2.07. The first-order valence-corrected chi connectivity index (χ1v) is 11.2. The Labute approximate surface area is 202 Å². The Morgan fingerprint density at radius 3 is 1.24 bits per heavy atom. The van der Waals surface area contributed by atoms with Gasteiger partial charge in [-0.25, -0.2) is 4.79 Å². The van der Waals surface area contributed by atoms with Gasteiger partial charge in [-0.3, -0.25) is 0 Å². The van der Waals surface area contributed by atoms with Crippen LogP contribution in [-0.4, -0.2) is 5.97 Å². The van der Waals surface area contributed by atoms with Gasteiger partial charge in [-0.1, -0.05) is 133 Å². The summed E-state index contributed by atoms with van der Waals surface area (Å²) in [4.78, 5) is 11.7. The highest BCUT2D eigenvalue weighted by molar-refractivity contribution is 5.91. The predicted octanol–water partition coefficient (Wildman–Crippen LogP) is 8.25. The van der Waals surface area contributed by atoms with Crippen LogP contribution in [0.15, 0.2) is 152 Å². The number of ether oxygens (including phenoxy) is 1. The molecule has 0 bridgehead atoms. The Balaban J connectivity index is 0.000000157. The molecule has 0 unspecified atom stereocenters. The van der Waals surface area contributed by atoms with Gasteiger partial charge >= 0.3 is 5.97 Å². The van der Waals surface area contributed by atoms with Crippen LogP contribution in [-0.2, 0) is 0 Å². The van der Waals surface area contributed by atoms with Crippen LogP contribution in [0.1, 0.15) is 15.9 Å². The lowest BCUT2D eigenvalue weighted by Crippen LogP contribution is -2.08. The van der Waals surface area contributed by atoms with Gasteiger partial charge in [0.2, 0.25) is 0 Å². The zero-order valence-corrected chi connectivity index (χ0v) is 19.3. The van der Waals surface area contributed by atoms with Crippen LogP contribution in [0.3, 0.4) is 0 Å². The predicted molar refractivity (Wildman–Crippen MR) is 141 cm³/mol. The standard InChI is InChI=1S/C14H12O2.C12H10.C6H6/c1-11-7-9-12(10-8-11)14(15)16-13-5-3-2-4-6-13;1-3-7-11(8-4-1)12-9-5-2-6-10-12;1-2-4-6-5-3-1/h2-10H,1H3;1-10H;1-6H. The van der Waals surface area contributed by atoms with E-state index in [9.17, 15) is 4.79 Å². The molecule has 0 N–H and O–H groups in total. The molecule has 5 rings (SSSR count). The summed E-state index contributed by atoms with van der Waals surface area (Å²) in [7, 11) is 0. The minimum absolute atomic E-state index is 0.328. The van der Waals surface area contributed by atoms with Crippen LogP contribution in [0.5, 0.6) is 5.75 Å². The van der Waals surface area contributed by atoms with Crippen molar-refractivity contribution in [1.82, 2.24) is 0 Å². The van der Waals surface area contributed by atoms with Crippen LogP contribution in [0.25, 0.3) is 11.1 Å². The summed E-state index contributed by atoms with van der Waals surface area (Å²) >= 11 is 0. The smallest absolute Gasteiger partial charge is 0.343 e. The molecule has 0 atom stereocenters. The van der Waals surface area contributed by atoms with Gasteiger partial charge in [0.25, 0.3) is 0 Å². The van der Waals surface area contributed by atoms with Crippen molar-refractivity contribution in [2.45, 2.75) is 6.92 Å². The van der Waals surface area contributed by atoms with E-state index in [1.54, 1.807) is 24.3 Å². The molecule has 0 aromatic heterocycles. The second-order valence-electron chi connectivity index (χ2n) is 7.46. The molecule has 0 spiro atoms. The average molecular weight is 445 g/mol. The summed E-state index contributed by atoms with van der Waals surface area (Å²) < 4.78 is 5.20. The minimum Gasteiger partial charge on any atom is -0.423 e. The second kappa shape index (κ2) is 13.9. The molecular formula is C32H28O2. The van der Waals surface area contributed by atoms with E-state index in [0.29, 0.717) is 11.3 Å². The second-order valence-corrected chi connectivity index (χ2v) is 7.46. The molecule has 2 heteroatoms. The SMILES string of the molecule is Cc1ccc(C(=O)Oc2ccccc2)cc1.c1ccc(-c2ccccc2)cc1.c1ccccc1. The van der Waals surface area contributed by atoms with Crippen LogP contribution < -0.4 is 4.74 Å². The van der Waals surface area contributed by atoms with Crippen molar-refractivity contribution in [3.8, 4) is 16.9 Å². The lowest BCUT2D eigenvalue weighted by molar-refractivity contribution is 0.0735. The fraction of sp³-hybridized carbons (Fsp3) is 0.0312. The van der Waals surface area contributed by atoms with Gasteiger partial charge in [0.05, 0.1) is 5.56 Å². The molecule has 0 aliphatic heterocycles. The number of rotatable bonds is 3. The van der Waals surface area contributed by atoms with Gasteiger partial charge in [-0.2, -0.15) is 0 Å². The van der Waals surface area contributed by atoms with Crippen LogP contribution in [0.2, 0.25) is 0 Å². The quantitative estimate of drug-likeness (QED) is 0.207. The van der Waals surface area contributed by atoms with E-state index in [-0.39, 0.29) is 5.97 Å². The van der Waals surface area contributed by atoms with Crippen molar-refractivity contribution in [3.63, 3.8) is 0 Å². The van der Waals surface area contributed by atoms with E-state index in [4.69, 9.17) is 4.74 Å². The summed E-state index contributed by atoms with van der Waals surface area (Å²) in [5, 5.41) is 0. The van der Waals surface area contributed by atoms with Gasteiger partial charge in [-0.15, -0.1) is 0 Å². The topological polar surface area (TPSA) is 26.3 Å². The number of aryl methyl sites for hydroxylation is 1. The zero-order valence-electron chi connectivity index (χ0n) is 19.3. The van der Waals surface area contributed by atoms with E-state index in [1.165, 1.54) is 11.1 Å². The molecule has 5 aromatic carbocycles. The maximum Gasteiger partial charge on any atom is 0.343 e. The number of benzene rings is 5. The fourth-order valence-corrected chi connectivity index (χ4v) is 2.99. The summed E-state index contributed by atoms with van der Waals surface area (Å²) in [6.45, 7) is 1.98. The minimum atomic E-state index is -0.328. The molecular weight excluding hydrogens is 416 g/mol. The molecule has 0 aliphatic carbocycles. The maximum absolute atomic E-state index is 11.7. The monoisotopic (exact) mass is 444 g/mol. The summed E-state index contributed by atoms with van der Waals surface area (Å²) in [5.41, 5.74) is 4.24. The van der Waals surface area contributed by atoms with Crippen molar-refractivity contribution >= 4 is 5.97 Å². The molecule has 0 saturated carbocycles. The average Bonchev–Trinajstić information content (AvgIpc) is 2.92. The zero-order chi connectivity index (χ0) is 23.8. The van der Waals surface area contributed by atoms with E-state index < -0.39 is 0 Å². The van der Waals surface area contributed by atoms with Crippen molar-refractivity contribution < 1.29 is 9.53 Å². The Bertz CT molecular complexity index is 1140. The largest absolute Gasteiger partial charge is 0.423 e. The van der Waals surface area contributed by atoms with Gasteiger partial charge in [0, 0.05) is 0 Å². The Hall–Kier alpha value is -4.43. The first-order valence-electron chi connectivity index (χ1n) is 11.2. The van der Waals surface area contributed by atoms with E-state index >= 15 is 0 Å². The number of hydrogen-bond donors (Lipinski definition) is 0. The third-order valence-corrected chi connectivity index (χ3v) is 4.79. The lowest BCUT2D eigenvalue weighted by atomic mass is 10.1. The number of hydrogen-bond acceptors (Lipinski definition) is 2. The van der Waals surface area contributed by atoms with Crippen LogP contribution >= 0.6 is 0 Å². The molecule has 0 amide bonds. The number of carbonyl (C=O) groups excluding carboxylic acids is 1. The third-order valence-electron chi connectivity index (χ3n) is 4.79. The van der Waals surface area contributed by atoms with Crippen molar-refractivity contribution in [2.24, 2.45) is 0 Å². The maximum atomic E-state index is 11.7. The summed E-state index contributed by atoms with van der Waals surface area (Å²) in [5.74, 6) is 0.235. The normalized spacial score (nSPS) is 9.44. The molecule has 2 nitrogen and oxygen atoms in total. The molecule has 0 saturated heterocycles. The summed E-state index contributed by atoms with van der Waals surface area (Å²) in [6.07, 6.45) is 0. The number of carbonyl (C=O) groups is 1. The fourth-order valence-electron chi connectivity index (χ4n) is 2.99. The molecule has 5 aromatic rings. The Morgan fingerprint density at radius 1 is 0.471 bits per heavy atom. The third kappa shape index (κ3) is 8.60. The number of para-hydroxylation sites is 1. The first-order chi connectivity index (χ1) is 16.7. The van der Waals surface area contributed by atoms with Crippen molar-refractivity contribution in [2.75, 3.05) is 0 Å². The van der Waals surface area contributed by atoms with Crippen molar-refractivity contribution in [3.05, 3.63) is 163 Å². The van der Waals surface area contributed by atoms with Gasteiger partial charge < -0.3 is 4.74 Å². The van der Waals surface area contributed by atoms with Crippen LogP contribution in [0, 0.1) is 6.92 Å². The highest BCUT2D eigenvalue weighted by Crippen LogP contribution is 2.17. The highest BCUT2D eigenvalue weighted by atomic mass is 16.5. The summed E-state index contributed by atoms with van der Waals surface area (Å²) in [6, 6.07) is 49.1. The molecule has 168 valence electrons. The Morgan fingerprint density at radius 2 is 0.824 bits per heavy atom. The van der Waals surface area contributed by atoms with Gasteiger partial charge in [0.15, 0.2) is 0 Å². The Kier molecular flexibility index (Phi) is 9.88. The molecule has 34 heavy (non-hydrogen) atoms. The molecule has 0 fully saturated rings. The van der Waals surface area contributed by atoms with E-state index in [1.807, 2.05) is 85.8 Å². The molecule has 0 aliphatic rings. The molecule has 0 heterocycles. The first kappa shape index (κ1) is 24.2. The number of esters is 1. The van der Waals surface area contributed by atoms with Gasteiger partial charge in [-0.05, 0) is 42.3 Å². The van der Waals surface area contributed by atoms with E-state index in [0.717, 1.165) is 5.56 Å². The lowest BCUT2D eigenvalue weighted by Gasteiger charge is -2.03. The van der Waals surface area contributed by atoms with Crippen molar-refractivity contribution in [1.29, 1.82) is 0 Å². The van der Waals surface area contributed by atoms with Crippen LogP contribution in [0.4, 0.5) is 0 Å². The molecule has 0 radical (unpaired) electrons. The van der Waals surface area contributed by atoms with E-state index in [2.05, 4.69) is 48.5 Å².